The molecule has 8 heteroatoms. The van der Waals surface area contributed by atoms with Crippen LogP contribution in [0, 0.1) is 0 Å². The molecule has 2 heterocycles. The molecule has 1 aliphatic carbocycles. The number of hydrogen-bond donors (Lipinski definition) is 1. The molecule has 8 nitrogen and oxygen atoms in total. The summed E-state index contributed by atoms with van der Waals surface area (Å²) in [7, 11) is 0. The Labute approximate surface area is 153 Å². The van der Waals surface area contributed by atoms with E-state index in [-0.39, 0.29) is 11.3 Å². The zero-order valence-electron chi connectivity index (χ0n) is 14.3. The second-order valence-corrected chi connectivity index (χ2v) is 6.34. The van der Waals surface area contributed by atoms with E-state index in [1.807, 2.05) is 6.07 Å². The molecule has 0 unspecified atom stereocenters. The van der Waals surface area contributed by atoms with E-state index < -0.39 is 23.6 Å². The van der Waals surface area contributed by atoms with E-state index >= 15 is 0 Å². The number of carboxylic acid groups (broad SMARTS) is 1. The molecular formula is C19H16N2O6. The van der Waals surface area contributed by atoms with Gasteiger partial charge in [-0.15, -0.1) is 0 Å². The predicted octanol–water partition coefficient (Wildman–Crippen LogP) is 2.59. The van der Waals surface area contributed by atoms with E-state index in [0.717, 1.165) is 0 Å². The average molecular weight is 368 g/mol. The lowest BCUT2D eigenvalue weighted by Crippen LogP contribution is -2.43. The van der Waals surface area contributed by atoms with Crippen molar-refractivity contribution in [2.45, 2.75) is 18.9 Å². The Kier molecular flexibility index (Phi) is 4.23. The van der Waals surface area contributed by atoms with Gasteiger partial charge in [0.25, 0.3) is 5.91 Å². The maximum absolute atomic E-state index is 13.0. The zero-order valence-corrected chi connectivity index (χ0v) is 14.3. The number of fused-ring (bicyclic) bond motifs is 2. The van der Waals surface area contributed by atoms with Gasteiger partial charge in [0, 0.05) is 25.9 Å². The van der Waals surface area contributed by atoms with E-state index in [4.69, 9.17) is 14.3 Å². The molecule has 1 amide bonds. The Morgan fingerprint density at radius 2 is 1.89 bits per heavy atom. The molecule has 4 rings (SSSR count). The summed E-state index contributed by atoms with van der Waals surface area (Å²) in [5.74, 6) is -0.282. The van der Waals surface area contributed by atoms with Crippen molar-refractivity contribution >= 4 is 23.2 Å². The normalized spacial score (nSPS) is 15.2. The van der Waals surface area contributed by atoms with Crippen LogP contribution in [0.25, 0.3) is 22.6 Å². The lowest BCUT2D eigenvalue weighted by Gasteiger charge is -2.31. The number of likely N-dealkylation sites (tertiary alicyclic amines) is 1. The maximum atomic E-state index is 13.0. The maximum Gasteiger partial charge on any atom is 0.506 e. The quantitative estimate of drug-likeness (QED) is 0.547. The average Bonchev–Trinajstić information content (AvgIpc) is 2.66. The van der Waals surface area contributed by atoms with Gasteiger partial charge >= 0.3 is 6.16 Å². The van der Waals surface area contributed by atoms with Gasteiger partial charge in [-0.1, -0.05) is 12.1 Å². The number of carbonyl (C=O) groups is 2. The molecule has 27 heavy (non-hydrogen) atoms. The highest BCUT2D eigenvalue weighted by atomic mass is 16.7. The molecule has 1 aromatic carbocycles. The van der Waals surface area contributed by atoms with Gasteiger partial charge < -0.3 is 19.2 Å². The molecule has 0 aromatic heterocycles. The number of ether oxygens (including phenoxy) is 1. The number of hydrogen-bond acceptors (Lipinski definition) is 6. The van der Waals surface area contributed by atoms with Crippen molar-refractivity contribution in [2.24, 2.45) is 0 Å². The Bertz CT molecular complexity index is 1050. The summed E-state index contributed by atoms with van der Waals surface area (Å²) in [5.41, 5.74) is 1.06. The van der Waals surface area contributed by atoms with Gasteiger partial charge in [-0.3, -0.25) is 9.59 Å². The summed E-state index contributed by atoms with van der Waals surface area (Å²) in [6.45, 7) is 0.598. The van der Waals surface area contributed by atoms with Crippen molar-refractivity contribution in [1.82, 2.24) is 9.88 Å². The first-order valence-corrected chi connectivity index (χ1v) is 8.54. The molecule has 0 saturated carbocycles. The Balaban J connectivity index is 1.68. The van der Waals surface area contributed by atoms with E-state index in [1.165, 1.54) is 17.0 Å². The lowest BCUT2D eigenvalue weighted by atomic mass is 10.0. The van der Waals surface area contributed by atoms with Gasteiger partial charge in [0.05, 0.1) is 0 Å². The van der Waals surface area contributed by atoms with E-state index in [0.29, 0.717) is 42.7 Å². The fourth-order valence-electron chi connectivity index (χ4n) is 3.30. The fraction of sp³-hybridized carbons (Fsp3) is 0.263. The third-order valence-corrected chi connectivity index (χ3v) is 4.63. The Morgan fingerprint density at radius 1 is 1.15 bits per heavy atom. The summed E-state index contributed by atoms with van der Waals surface area (Å²) in [5, 5.41) is 8.70. The van der Waals surface area contributed by atoms with Crippen LogP contribution in [0.4, 0.5) is 4.79 Å². The SMILES string of the molecule is O=C(O)OC1CCN(C(=O)c2c3oc4ccccc4nc-3ccc2=O)CC1. The fourth-order valence-corrected chi connectivity index (χ4v) is 3.30. The van der Waals surface area contributed by atoms with Gasteiger partial charge in [-0.2, -0.15) is 0 Å². The van der Waals surface area contributed by atoms with Crippen LogP contribution >= 0.6 is 0 Å². The lowest BCUT2D eigenvalue weighted by molar-refractivity contribution is 0.0198. The first-order chi connectivity index (χ1) is 13.0. The third kappa shape index (κ3) is 3.21. The first-order valence-electron chi connectivity index (χ1n) is 8.54. The molecule has 1 saturated heterocycles. The number of rotatable bonds is 2. The molecular weight excluding hydrogens is 352 g/mol. The summed E-state index contributed by atoms with van der Waals surface area (Å²) in [4.78, 5) is 42.0. The molecule has 0 radical (unpaired) electrons. The minimum atomic E-state index is -1.33. The van der Waals surface area contributed by atoms with Crippen LogP contribution in [-0.4, -0.2) is 46.2 Å². The summed E-state index contributed by atoms with van der Waals surface area (Å²) in [6, 6.07) is 9.98. The molecule has 2 aliphatic heterocycles. The van der Waals surface area contributed by atoms with Gasteiger partial charge in [-0.25, -0.2) is 9.78 Å². The van der Waals surface area contributed by atoms with Gasteiger partial charge in [0.2, 0.25) is 0 Å². The smallest absolute Gasteiger partial charge is 0.452 e. The van der Waals surface area contributed by atoms with Crippen molar-refractivity contribution < 1.29 is 23.8 Å². The van der Waals surface area contributed by atoms with Crippen molar-refractivity contribution in [3.63, 3.8) is 0 Å². The van der Waals surface area contributed by atoms with Crippen molar-refractivity contribution in [3.8, 4) is 11.5 Å². The Morgan fingerprint density at radius 3 is 2.63 bits per heavy atom. The number of carbonyl (C=O) groups excluding carboxylic acids is 1. The van der Waals surface area contributed by atoms with Crippen LogP contribution in [-0.2, 0) is 4.74 Å². The number of piperidine rings is 1. The van der Waals surface area contributed by atoms with Crippen LogP contribution in [0.2, 0.25) is 0 Å². The number of para-hydroxylation sites is 2. The molecule has 0 bridgehead atoms. The van der Waals surface area contributed by atoms with E-state index in [2.05, 4.69) is 4.98 Å². The molecule has 0 atom stereocenters. The number of amides is 1. The second kappa shape index (κ2) is 6.71. The highest BCUT2D eigenvalue weighted by Gasteiger charge is 2.30. The standard InChI is InChI=1S/C19H16N2O6/c22-14-6-5-13-17(27-15-4-2-1-3-12(15)20-13)16(14)18(23)21-9-7-11(8-10-21)26-19(24)25/h1-6,11H,7-10H2,(H,24,25). The van der Waals surface area contributed by atoms with Crippen LogP contribution in [0.3, 0.4) is 0 Å². The Hall–Kier alpha value is -3.42. The topological polar surface area (TPSA) is 110 Å². The second-order valence-electron chi connectivity index (χ2n) is 6.34. The van der Waals surface area contributed by atoms with Crippen molar-refractivity contribution in [1.29, 1.82) is 0 Å². The first kappa shape index (κ1) is 17.0. The van der Waals surface area contributed by atoms with E-state index in [1.54, 1.807) is 18.2 Å². The predicted molar refractivity (Wildman–Crippen MR) is 94.9 cm³/mol. The van der Waals surface area contributed by atoms with Crippen LogP contribution < -0.4 is 5.43 Å². The highest BCUT2D eigenvalue weighted by molar-refractivity contribution is 6.00. The largest absolute Gasteiger partial charge is 0.506 e. The summed E-state index contributed by atoms with van der Waals surface area (Å²) < 4.78 is 10.6. The van der Waals surface area contributed by atoms with Crippen LogP contribution in [0.15, 0.2) is 45.6 Å². The summed E-state index contributed by atoms with van der Waals surface area (Å²) in [6.07, 6.45) is -1.00. The zero-order chi connectivity index (χ0) is 19.0. The van der Waals surface area contributed by atoms with Crippen LogP contribution in [0.1, 0.15) is 23.2 Å². The minimum Gasteiger partial charge on any atom is -0.452 e. The molecule has 0 spiro atoms. The van der Waals surface area contributed by atoms with Gasteiger partial charge in [-0.05, 0) is 24.3 Å². The number of benzene rings is 2. The molecule has 3 aliphatic rings. The minimum absolute atomic E-state index is 0.0524. The molecule has 1 N–H and O–H groups in total. The number of aromatic nitrogens is 1. The molecule has 138 valence electrons. The third-order valence-electron chi connectivity index (χ3n) is 4.63. The highest BCUT2D eigenvalue weighted by Crippen LogP contribution is 2.28. The molecule has 1 fully saturated rings. The van der Waals surface area contributed by atoms with E-state index in [9.17, 15) is 14.4 Å². The summed E-state index contributed by atoms with van der Waals surface area (Å²) >= 11 is 0. The monoisotopic (exact) mass is 368 g/mol. The van der Waals surface area contributed by atoms with Gasteiger partial charge in [0.1, 0.15) is 22.9 Å². The number of nitrogens with zero attached hydrogens (tertiary/aromatic N) is 2. The van der Waals surface area contributed by atoms with Crippen molar-refractivity contribution in [2.75, 3.05) is 13.1 Å². The van der Waals surface area contributed by atoms with Gasteiger partial charge in [0.15, 0.2) is 16.8 Å². The molecule has 1 aromatic rings. The van der Waals surface area contributed by atoms with Crippen molar-refractivity contribution in [3.05, 3.63) is 52.2 Å². The van der Waals surface area contributed by atoms with Crippen LogP contribution in [0.5, 0.6) is 0 Å².